The van der Waals surface area contributed by atoms with Gasteiger partial charge in [-0.2, -0.15) is 0 Å². The van der Waals surface area contributed by atoms with Gasteiger partial charge in [-0.05, 0) is 56.1 Å². The number of rotatable bonds is 6. The lowest BCUT2D eigenvalue weighted by Crippen LogP contribution is -2.44. The minimum absolute atomic E-state index is 0.307. The average molecular weight is 360 g/mol. The van der Waals surface area contributed by atoms with Crippen LogP contribution in [0.4, 0.5) is 5.69 Å². The van der Waals surface area contributed by atoms with E-state index in [2.05, 4.69) is 40.4 Å². The lowest BCUT2D eigenvalue weighted by molar-refractivity contribution is 0.0942. The number of nitrogens with zero attached hydrogens (tertiary/aromatic N) is 1. The van der Waals surface area contributed by atoms with Gasteiger partial charge in [0.2, 0.25) is 0 Å². The standard InChI is InChI=1S/C18H24N4O2S/c1-4-6-7-13-8-10-14(11-9-13)19-18(25)21-20-17(23)16-12(3)24-22-15(16)5-2/h8-11H,4-7H2,1-3H3,(H,20,23)(H2,19,21,25). The van der Waals surface area contributed by atoms with Crippen molar-refractivity contribution in [3.63, 3.8) is 0 Å². The summed E-state index contributed by atoms with van der Waals surface area (Å²) >= 11 is 5.20. The van der Waals surface area contributed by atoms with E-state index in [0.29, 0.717) is 28.6 Å². The van der Waals surface area contributed by atoms with Gasteiger partial charge in [0.15, 0.2) is 5.11 Å². The molecule has 0 fully saturated rings. The highest BCUT2D eigenvalue weighted by molar-refractivity contribution is 7.80. The van der Waals surface area contributed by atoms with Crippen molar-refractivity contribution in [2.75, 3.05) is 5.32 Å². The maximum absolute atomic E-state index is 12.2. The molecule has 0 saturated heterocycles. The Morgan fingerprint density at radius 1 is 1.20 bits per heavy atom. The zero-order valence-corrected chi connectivity index (χ0v) is 15.6. The number of aryl methyl sites for hydroxylation is 3. The van der Waals surface area contributed by atoms with Gasteiger partial charge in [0.25, 0.3) is 5.91 Å². The van der Waals surface area contributed by atoms with E-state index in [0.717, 1.165) is 12.1 Å². The van der Waals surface area contributed by atoms with Crippen molar-refractivity contribution in [3.05, 3.63) is 46.8 Å². The minimum atomic E-state index is -0.324. The molecule has 7 heteroatoms. The fourth-order valence-electron chi connectivity index (χ4n) is 2.42. The summed E-state index contributed by atoms with van der Waals surface area (Å²) in [5.74, 6) is 0.160. The zero-order valence-electron chi connectivity index (χ0n) is 14.8. The molecule has 0 aliphatic rings. The van der Waals surface area contributed by atoms with Crippen molar-refractivity contribution >= 4 is 28.9 Å². The molecule has 2 aromatic rings. The molecule has 0 aliphatic heterocycles. The first-order valence-corrected chi connectivity index (χ1v) is 8.87. The maximum atomic E-state index is 12.2. The van der Waals surface area contributed by atoms with E-state index in [-0.39, 0.29) is 5.91 Å². The van der Waals surface area contributed by atoms with Crippen LogP contribution in [0.1, 0.15) is 54.1 Å². The number of carbonyl (C=O) groups is 1. The van der Waals surface area contributed by atoms with Gasteiger partial charge in [-0.1, -0.05) is 37.6 Å². The highest BCUT2D eigenvalue weighted by Crippen LogP contribution is 2.14. The quantitative estimate of drug-likeness (QED) is 0.540. The summed E-state index contributed by atoms with van der Waals surface area (Å²) < 4.78 is 5.06. The third-order valence-corrected chi connectivity index (χ3v) is 4.02. The second-order valence-corrected chi connectivity index (χ2v) is 6.16. The highest BCUT2D eigenvalue weighted by Gasteiger charge is 2.19. The van der Waals surface area contributed by atoms with Crippen LogP contribution in [-0.4, -0.2) is 16.2 Å². The second-order valence-electron chi connectivity index (χ2n) is 5.75. The Labute approximate surface area is 153 Å². The van der Waals surface area contributed by atoms with Crippen LogP contribution in [-0.2, 0) is 12.8 Å². The van der Waals surface area contributed by atoms with Crippen molar-refractivity contribution in [1.29, 1.82) is 0 Å². The van der Waals surface area contributed by atoms with Gasteiger partial charge < -0.3 is 9.84 Å². The van der Waals surface area contributed by atoms with Gasteiger partial charge in [0, 0.05) is 5.69 Å². The van der Waals surface area contributed by atoms with Gasteiger partial charge in [0.05, 0.1) is 5.69 Å². The Kier molecular flexibility index (Phi) is 6.94. The normalized spacial score (nSPS) is 10.4. The van der Waals surface area contributed by atoms with Crippen LogP contribution >= 0.6 is 12.2 Å². The van der Waals surface area contributed by atoms with E-state index in [1.165, 1.54) is 18.4 Å². The lowest BCUT2D eigenvalue weighted by Gasteiger charge is -2.12. The molecule has 0 saturated carbocycles. The number of unbranched alkanes of at least 4 members (excludes halogenated alkanes) is 1. The van der Waals surface area contributed by atoms with Gasteiger partial charge in [-0.25, -0.2) is 0 Å². The average Bonchev–Trinajstić information content (AvgIpc) is 3.00. The van der Waals surface area contributed by atoms with Crippen LogP contribution in [0.2, 0.25) is 0 Å². The van der Waals surface area contributed by atoms with E-state index in [9.17, 15) is 4.79 Å². The van der Waals surface area contributed by atoms with Crippen LogP contribution in [0, 0.1) is 6.92 Å². The molecule has 1 aromatic heterocycles. The summed E-state index contributed by atoms with van der Waals surface area (Å²) in [5.41, 5.74) is 8.50. The van der Waals surface area contributed by atoms with Crippen molar-refractivity contribution in [1.82, 2.24) is 16.0 Å². The predicted octanol–water partition coefficient (Wildman–Crippen LogP) is 3.52. The lowest BCUT2D eigenvalue weighted by atomic mass is 10.1. The fourth-order valence-corrected chi connectivity index (χ4v) is 2.59. The molecule has 0 radical (unpaired) electrons. The molecule has 0 spiro atoms. The number of hydrazine groups is 1. The third kappa shape index (κ3) is 5.29. The van der Waals surface area contributed by atoms with E-state index in [1.54, 1.807) is 6.92 Å². The Balaban J connectivity index is 1.86. The van der Waals surface area contributed by atoms with Crippen molar-refractivity contribution in [2.45, 2.75) is 46.5 Å². The summed E-state index contributed by atoms with van der Waals surface area (Å²) in [4.78, 5) is 12.2. The summed E-state index contributed by atoms with van der Waals surface area (Å²) in [5, 5.41) is 7.21. The summed E-state index contributed by atoms with van der Waals surface area (Å²) in [6.07, 6.45) is 4.06. The van der Waals surface area contributed by atoms with Gasteiger partial charge in [0.1, 0.15) is 11.3 Å². The topological polar surface area (TPSA) is 79.2 Å². The van der Waals surface area contributed by atoms with Gasteiger partial charge in [-0.3, -0.25) is 15.6 Å². The maximum Gasteiger partial charge on any atom is 0.275 e. The summed E-state index contributed by atoms with van der Waals surface area (Å²) in [6.45, 7) is 5.80. The number of hydrogen-bond acceptors (Lipinski definition) is 4. The van der Waals surface area contributed by atoms with E-state index >= 15 is 0 Å². The molecular weight excluding hydrogens is 336 g/mol. The first-order valence-electron chi connectivity index (χ1n) is 8.46. The molecule has 1 amide bonds. The van der Waals surface area contributed by atoms with Crippen molar-refractivity contribution in [2.24, 2.45) is 0 Å². The number of benzene rings is 1. The van der Waals surface area contributed by atoms with E-state index < -0.39 is 0 Å². The number of hydrogen-bond donors (Lipinski definition) is 3. The summed E-state index contributed by atoms with van der Waals surface area (Å²) in [7, 11) is 0. The molecule has 0 atom stereocenters. The third-order valence-electron chi connectivity index (χ3n) is 3.82. The van der Waals surface area contributed by atoms with Crippen LogP contribution in [0.3, 0.4) is 0 Å². The molecule has 1 heterocycles. The number of carbonyl (C=O) groups excluding carboxylic acids is 1. The number of amides is 1. The molecular formula is C18H24N4O2S. The predicted molar refractivity (Wildman–Crippen MR) is 102 cm³/mol. The van der Waals surface area contributed by atoms with Crippen LogP contribution in [0.15, 0.2) is 28.8 Å². The smallest absolute Gasteiger partial charge is 0.275 e. The molecule has 0 unspecified atom stereocenters. The molecule has 6 nitrogen and oxygen atoms in total. The number of thiocarbonyl (C=S) groups is 1. The molecule has 0 bridgehead atoms. The number of anilines is 1. The Bertz CT molecular complexity index is 725. The van der Waals surface area contributed by atoms with Gasteiger partial charge in [-0.15, -0.1) is 0 Å². The number of nitrogens with one attached hydrogen (secondary N) is 3. The van der Waals surface area contributed by atoms with Crippen LogP contribution in [0.25, 0.3) is 0 Å². The largest absolute Gasteiger partial charge is 0.361 e. The first-order chi connectivity index (χ1) is 12.0. The molecule has 25 heavy (non-hydrogen) atoms. The SMILES string of the molecule is CCCCc1ccc(NC(=S)NNC(=O)c2c(CC)noc2C)cc1. The molecule has 2 rings (SSSR count). The second kappa shape index (κ2) is 9.17. The van der Waals surface area contributed by atoms with E-state index in [1.807, 2.05) is 19.1 Å². The number of aromatic nitrogens is 1. The Hall–Kier alpha value is -2.41. The van der Waals surface area contributed by atoms with E-state index in [4.69, 9.17) is 16.7 Å². The van der Waals surface area contributed by atoms with Crippen molar-refractivity contribution in [3.8, 4) is 0 Å². The zero-order chi connectivity index (χ0) is 18.2. The monoisotopic (exact) mass is 360 g/mol. The highest BCUT2D eigenvalue weighted by atomic mass is 32.1. The molecule has 1 aromatic carbocycles. The Morgan fingerprint density at radius 2 is 1.92 bits per heavy atom. The fraction of sp³-hybridized carbons (Fsp3) is 0.389. The van der Waals surface area contributed by atoms with Gasteiger partial charge >= 0.3 is 0 Å². The van der Waals surface area contributed by atoms with Crippen LogP contribution in [0.5, 0.6) is 0 Å². The molecule has 3 N–H and O–H groups in total. The summed E-state index contributed by atoms with van der Waals surface area (Å²) in [6, 6.07) is 8.10. The Morgan fingerprint density at radius 3 is 2.56 bits per heavy atom. The molecule has 0 aliphatic carbocycles. The first kappa shape index (κ1) is 18.9. The minimum Gasteiger partial charge on any atom is -0.361 e. The molecule has 134 valence electrons. The van der Waals surface area contributed by atoms with Crippen molar-refractivity contribution < 1.29 is 9.32 Å². The van der Waals surface area contributed by atoms with Crippen LogP contribution < -0.4 is 16.2 Å².